The number of amides is 2. The summed E-state index contributed by atoms with van der Waals surface area (Å²) >= 11 is 0. The van der Waals surface area contributed by atoms with Crippen LogP contribution in [0.1, 0.15) is 57.4 Å². The molecule has 27 heavy (non-hydrogen) atoms. The van der Waals surface area contributed by atoms with Crippen LogP contribution in [-0.2, 0) is 15.8 Å². The lowest BCUT2D eigenvalue weighted by atomic mass is 9.67. The van der Waals surface area contributed by atoms with E-state index in [9.17, 15) is 22.8 Å². The summed E-state index contributed by atoms with van der Waals surface area (Å²) in [6, 6.07) is 3.43. The van der Waals surface area contributed by atoms with E-state index in [1.54, 1.807) is 0 Å². The number of hydrogen-bond acceptors (Lipinski definition) is 2. The molecule has 2 fully saturated rings. The molecular weight excluding hydrogens is 357 g/mol. The number of carbonyl (C=O) groups excluding carboxylic acids is 2. The summed E-state index contributed by atoms with van der Waals surface area (Å²) in [5, 5.41) is 4.83. The quantitative estimate of drug-likeness (QED) is 0.754. The zero-order valence-electron chi connectivity index (χ0n) is 15.4. The van der Waals surface area contributed by atoms with Gasteiger partial charge in [-0.15, -0.1) is 0 Å². The third-order valence-electron chi connectivity index (χ3n) is 5.81. The Balaban J connectivity index is 1.74. The van der Waals surface area contributed by atoms with Gasteiger partial charge >= 0.3 is 6.18 Å². The van der Waals surface area contributed by atoms with Crippen LogP contribution in [-0.4, -0.2) is 11.8 Å². The third kappa shape index (κ3) is 4.82. The maximum atomic E-state index is 13.4. The summed E-state index contributed by atoms with van der Waals surface area (Å²) in [6.07, 6.45) is 2.61. The zero-order chi connectivity index (χ0) is 19.6. The number of alkyl halides is 3. The van der Waals surface area contributed by atoms with Crippen molar-refractivity contribution in [2.75, 3.05) is 10.6 Å². The minimum absolute atomic E-state index is 0.0514. The second-order valence-electron chi connectivity index (χ2n) is 7.74. The van der Waals surface area contributed by atoms with Gasteiger partial charge in [0.15, 0.2) is 0 Å². The fourth-order valence-electron chi connectivity index (χ4n) is 4.52. The number of halogens is 3. The van der Waals surface area contributed by atoms with Crippen molar-refractivity contribution < 1.29 is 22.8 Å². The Morgan fingerprint density at radius 1 is 1.00 bits per heavy atom. The van der Waals surface area contributed by atoms with Gasteiger partial charge in [0.1, 0.15) is 0 Å². The van der Waals surface area contributed by atoms with E-state index in [0.717, 1.165) is 31.7 Å². The van der Waals surface area contributed by atoms with Crippen LogP contribution in [0.3, 0.4) is 0 Å². The van der Waals surface area contributed by atoms with Gasteiger partial charge in [-0.25, -0.2) is 0 Å². The topological polar surface area (TPSA) is 58.2 Å². The van der Waals surface area contributed by atoms with Crippen molar-refractivity contribution in [3.05, 3.63) is 23.8 Å². The zero-order valence-corrected chi connectivity index (χ0v) is 15.4. The van der Waals surface area contributed by atoms with Crippen molar-refractivity contribution in [3.8, 4) is 0 Å². The van der Waals surface area contributed by atoms with Crippen LogP contribution >= 0.6 is 0 Å². The van der Waals surface area contributed by atoms with E-state index < -0.39 is 17.6 Å². The van der Waals surface area contributed by atoms with Gasteiger partial charge in [0, 0.05) is 18.5 Å². The van der Waals surface area contributed by atoms with Gasteiger partial charge in [0.25, 0.3) is 0 Å². The highest BCUT2D eigenvalue weighted by atomic mass is 19.4. The molecule has 0 bridgehead atoms. The molecule has 7 heteroatoms. The number of benzene rings is 1. The molecule has 2 N–H and O–H groups in total. The molecule has 2 aliphatic rings. The van der Waals surface area contributed by atoms with Gasteiger partial charge in [-0.2, -0.15) is 13.2 Å². The van der Waals surface area contributed by atoms with Crippen LogP contribution in [0.15, 0.2) is 18.2 Å². The Morgan fingerprint density at radius 2 is 1.70 bits per heavy atom. The van der Waals surface area contributed by atoms with E-state index in [-0.39, 0.29) is 23.2 Å². The minimum Gasteiger partial charge on any atom is -0.326 e. The molecule has 3 atom stereocenters. The van der Waals surface area contributed by atoms with Gasteiger partial charge in [0.2, 0.25) is 11.8 Å². The normalized spacial score (nSPS) is 25.4. The molecule has 2 amide bonds. The SMILES string of the molecule is CC(=O)Nc1ccc(NC(=O)[C@@H]2CC[C@@H]3CCCC[C@H]3C2)c(C(F)(F)F)c1. The maximum absolute atomic E-state index is 13.4. The maximum Gasteiger partial charge on any atom is 0.418 e. The first-order valence-corrected chi connectivity index (χ1v) is 9.53. The molecule has 2 aliphatic carbocycles. The fourth-order valence-corrected chi connectivity index (χ4v) is 4.52. The van der Waals surface area contributed by atoms with Gasteiger partial charge < -0.3 is 10.6 Å². The van der Waals surface area contributed by atoms with Crippen LogP contribution in [0.2, 0.25) is 0 Å². The lowest BCUT2D eigenvalue weighted by Crippen LogP contribution is -2.34. The van der Waals surface area contributed by atoms with Crippen molar-refractivity contribution in [1.29, 1.82) is 0 Å². The summed E-state index contributed by atoms with van der Waals surface area (Å²) < 4.78 is 40.2. The molecular formula is C20H25F3N2O2. The monoisotopic (exact) mass is 382 g/mol. The van der Waals surface area contributed by atoms with Gasteiger partial charge in [0.05, 0.1) is 11.3 Å². The predicted octanol–water partition coefficient (Wildman–Crippen LogP) is 5.21. The molecule has 0 saturated heterocycles. The average molecular weight is 382 g/mol. The van der Waals surface area contributed by atoms with Crippen molar-refractivity contribution >= 4 is 23.2 Å². The molecule has 1 aromatic carbocycles. The lowest BCUT2D eigenvalue weighted by molar-refractivity contribution is -0.137. The second-order valence-corrected chi connectivity index (χ2v) is 7.74. The largest absolute Gasteiger partial charge is 0.418 e. The highest BCUT2D eigenvalue weighted by molar-refractivity contribution is 5.94. The van der Waals surface area contributed by atoms with Crippen molar-refractivity contribution in [2.24, 2.45) is 17.8 Å². The Kier molecular flexibility index (Phi) is 5.77. The van der Waals surface area contributed by atoms with Crippen molar-refractivity contribution in [2.45, 2.75) is 58.0 Å². The number of anilines is 2. The fraction of sp³-hybridized carbons (Fsp3) is 0.600. The summed E-state index contributed by atoms with van der Waals surface area (Å²) in [6.45, 7) is 1.23. The van der Waals surface area contributed by atoms with E-state index in [4.69, 9.17) is 0 Å². The van der Waals surface area contributed by atoms with Crippen LogP contribution in [0, 0.1) is 17.8 Å². The second kappa shape index (κ2) is 7.90. The Hall–Kier alpha value is -2.05. The molecule has 4 nitrogen and oxygen atoms in total. The first-order valence-electron chi connectivity index (χ1n) is 9.53. The van der Waals surface area contributed by atoms with E-state index >= 15 is 0 Å². The Bertz CT molecular complexity index is 718. The van der Waals surface area contributed by atoms with Gasteiger partial charge in [-0.1, -0.05) is 25.7 Å². The number of carbonyl (C=O) groups is 2. The molecule has 0 aliphatic heterocycles. The molecule has 3 rings (SSSR count). The smallest absolute Gasteiger partial charge is 0.326 e. The molecule has 0 heterocycles. The summed E-state index contributed by atoms with van der Waals surface area (Å²) in [5.74, 6) is 0.166. The highest BCUT2D eigenvalue weighted by Gasteiger charge is 2.37. The first-order chi connectivity index (χ1) is 12.7. The van der Waals surface area contributed by atoms with Crippen LogP contribution in [0.25, 0.3) is 0 Å². The molecule has 0 unspecified atom stereocenters. The van der Waals surface area contributed by atoms with Crippen LogP contribution in [0.5, 0.6) is 0 Å². The average Bonchev–Trinajstić information content (AvgIpc) is 2.61. The van der Waals surface area contributed by atoms with Crippen molar-refractivity contribution in [1.82, 2.24) is 0 Å². The first kappa shape index (κ1) is 19.7. The summed E-state index contributed by atoms with van der Waals surface area (Å²) in [5.41, 5.74) is -1.16. The molecule has 1 aromatic rings. The molecule has 0 radical (unpaired) electrons. The number of fused-ring (bicyclic) bond motifs is 1. The summed E-state index contributed by atoms with van der Waals surface area (Å²) in [7, 11) is 0. The number of nitrogens with one attached hydrogen (secondary N) is 2. The van der Waals surface area contributed by atoms with E-state index in [1.807, 2.05) is 0 Å². The molecule has 148 valence electrons. The van der Waals surface area contributed by atoms with Gasteiger partial charge in [-0.05, 0) is 49.3 Å². The van der Waals surface area contributed by atoms with Crippen LogP contribution in [0.4, 0.5) is 24.5 Å². The Labute approximate surface area is 156 Å². The van der Waals surface area contributed by atoms with Crippen molar-refractivity contribution in [3.63, 3.8) is 0 Å². The number of rotatable bonds is 3. The third-order valence-corrected chi connectivity index (χ3v) is 5.81. The van der Waals surface area contributed by atoms with Crippen LogP contribution < -0.4 is 10.6 Å². The number of hydrogen-bond donors (Lipinski definition) is 2. The molecule has 0 spiro atoms. The lowest BCUT2D eigenvalue weighted by Gasteiger charge is -2.38. The van der Waals surface area contributed by atoms with E-state index in [2.05, 4.69) is 10.6 Å². The predicted molar refractivity (Wildman–Crippen MR) is 97.2 cm³/mol. The standard InChI is InChI=1S/C20H25F3N2O2/c1-12(26)24-16-8-9-18(17(11-16)20(21,22)23)25-19(27)15-7-6-13-4-2-3-5-14(13)10-15/h8-9,11,13-15H,2-7,10H2,1H3,(H,24,26)(H,25,27)/t13-,14-,15+/m0/s1. The molecule has 0 aromatic heterocycles. The van der Waals surface area contributed by atoms with Gasteiger partial charge in [-0.3, -0.25) is 9.59 Å². The van der Waals surface area contributed by atoms with E-state index in [1.165, 1.54) is 38.3 Å². The van der Waals surface area contributed by atoms with E-state index in [0.29, 0.717) is 11.8 Å². The molecule has 2 saturated carbocycles. The minimum atomic E-state index is -4.63. The Morgan fingerprint density at radius 3 is 2.37 bits per heavy atom. The highest BCUT2D eigenvalue weighted by Crippen LogP contribution is 2.43. The summed E-state index contributed by atoms with van der Waals surface area (Å²) in [4.78, 5) is 23.7.